The smallest absolute Gasteiger partial charge is 0.311 e. The zero-order chi connectivity index (χ0) is 29.5. The van der Waals surface area contributed by atoms with Crippen molar-refractivity contribution >= 4 is 46.8 Å². The number of esters is 1. The minimum Gasteiger partial charge on any atom is -0.461 e. The van der Waals surface area contributed by atoms with Crippen LogP contribution in [-0.4, -0.2) is 63.1 Å². The standard InChI is InChI=1S/C32H35ClN2O5S/c1-5-17-34(26-20(3)11-10-14-22(26)33)29(38)27-32-16-15-31(4,41-32)25(30(39)40-18-6-2)24(32)28(37)35(27)23(19-36)21-12-8-7-9-13-21/h5-14,23-25,27,36H,1-2,15-19H2,3-4H3/t23-,24+,25-,27?,31+,32?/m1/s1. The van der Waals surface area contributed by atoms with E-state index in [1.54, 1.807) is 28.8 Å². The molecule has 1 N–H and O–H groups in total. The topological polar surface area (TPSA) is 87.1 Å². The highest BCUT2D eigenvalue weighted by atomic mass is 35.5. The summed E-state index contributed by atoms with van der Waals surface area (Å²) >= 11 is 8.21. The van der Waals surface area contributed by atoms with E-state index in [-0.39, 0.29) is 31.6 Å². The van der Waals surface area contributed by atoms with Crippen molar-refractivity contribution in [2.45, 2.75) is 48.3 Å². The van der Waals surface area contributed by atoms with E-state index in [0.29, 0.717) is 29.1 Å². The molecule has 3 heterocycles. The van der Waals surface area contributed by atoms with Crippen molar-refractivity contribution < 1.29 is 24.2 Å². The Bertz CT molecular complexity index is 1370. The van der Waals surface area contributed by atoms with E-state index >= 15 is 0 Å². The Kier molecular flexibility index (Phi) is 8.12. The number of fused-ring (bicyclic) bond motifs is 1. The second kappa shape index (κ2) is 11.3. The number of ether oxygens (including phenoxy) is 1. The third-order valence-electron chi connectivity index (χ3n) is 8.78. The predicted molar refractivity (Wildman–Crippen MR) is 162 cm³/mol. The van der Waals surface area contributed by atoms with Gasteiger partial charge in [-0.15, -0.1) is 18.3 Å². The number of para-hydroxylation sites is 1. The van der Waals surface area contributed by atoms with Crippen LogP contribution in [0.2, 0.25) is 5.02 Å². The number of aliphatic hydroxyl groups is 1. The normalized spacial score (nSPS) is 28.7. The number of aryl methyl sites for hydroxylation is 1. The molecule has 0 aromatic heterocycles. The van der Waals surface area contributed by atoms with Gasteiger partial charge in [0.05, 0.1) is 39.9 Å². The molecule has 2 bridgehead atoms. The molecule has 2 aromatic carbocycles. The summed E-state index contributed by atoms with van der Waals surface area (Å²) in [6.07, 6.45) is 4.35. The van der Waals surface area contributed by atoms with E-state index in [4.69, 9.17) is 16.3 Å². The monoisotopic (exact) mass is 594 g/mol. The Morgan fingerprint density at radius 1 is 1.20 bits per heavy atom. The predicted octanol–water partition coefficient (Wildman–Crippen LogP) is 5.11. The number of benzene rings is 2. The molecular weight excluding hydrogens is 560 g/mol. The van der Waals surface area contributed by atoms with Crippen molar-refractivity contribution in [1.82, 2.24) is 4.90 Å². The van der Waals surface area contributed by atoms with E-state index in [1.165, 1.54) is 11.0 Å². The molecule has 9 heteroatoms. The van der Waals surface area contributed by atoms with Crippen molar-refractivity contribution in [3.8, 4) is 0 Å². The molecule has 7 nitrogen and oxygen atoms in total. The fourth-order valence-corrected chi connectivity index (χ4v) is 9.78. The highest BCUT2D eigenvalue weighted by Crippen LogP contribution is 2.72. The number of anilines is 1. The third-order valence-corrected chi connectivity index (χ3v) is 11.1. The summed E-state index contributed by atoms with van der Waals surface area (Å²) in [5.41, 5.74) is 2.07. The van der Waals surface area contributed by atoms with Gasteiger partial charge in [-0.3, -0.25) is 14.4 Å². The zero-order valence-corrected chi connectivity index (χ0v) is 24.9. The fourth-order valence-electron chi connectivity index (χ4n) is 7.13. The van der Waals surface area contributed by atoms with Crippen LogP contribution < -0.4 is 4.90 Å². The number of thioether (sulfide) groups is 1. The molecule has 2 aromatic rings. The minimum absolute atomic E-state index is 0.0399. The van der Waals surface area contributed by atoms with Gasteiger partial charge in [-0.2, -0.15) is 0 Å². The number of hydrogen-bond acceptors (Lipinski definition) is 6. The van der Waals surface area contributed by atoms with E-state index in [1.807, 2.05) is 56.3 Å². The van der Waals surface area contributed by atoms with Crippen LogP contribution in [0.25, 0.3) is 0 Å². The zero-order valence-electron chi connectivity index (χ0n) is 23.3. The van der Waals surface area contributed by atoms with Crippen molar-refractivity contribution in [2.75, 3.05) is 24.7 Å². The third kappa shape index (κ3) is 4.60. The van der Waals surface area contributed by atoms with Crippen molar-refractivity contribution in [2.24, 2.45) is 11.8 Å². The Hall–Kier alpha value is -3.07. The molecule has 3 aliphatic heterocycles. The largest absolute Gasteiger partial charge is 0.461 e. The lowest BCUT2D eigenvalue weighted by molar-refractivity contribution is -0.155. The Morgan fingerprint density at radius 2 is 1.93 bits per heavy atom. The van der Waals surface area contributed by atoms with E-state index in [2.05, 4.69) is 13.2 Å². The first-order valence-corrected chi connectivity index (χ1v) is 15.0. The molecule has 0 radical (unpaired) electrons. The van der Waals surface area contributed by atoms with Crippen LogP contribution in [0.15, 0.2) is 73.8 Å². The quantitative estimate of drug-likeness (QED) is 0.304. The van der Waals surface area contributed by atoms with Gasteiger partial charge in [0.2, 0.25) is 5.91 Å². The number of rotatable bonds is 10. The summed E-state index contributed by atoms with van der Waals surface area (Å²) in [6, 6.07) is 12.9. The number of carbonyl (C=O) groups excluding carboxylic acids is 3. The number of amides is 2. The van der Waals surface area contributed by atoms with Gasteiger partial charge in [-0.1, -0.05) is 72.8 Å². The van der Waals surface area contributed by atoms with Crippen molar-refractivity contribution in [1.29, 1.82) is 0 Å². The Morgan fingerprint density at radius 3 is 2.56 bits per heavy atom. The van der Waals surface area contributed by atoms with Gasteiger partial charge in [-0.25, -0.2) is 0 Å². The lowest BCUT2D eigenvalue weighted by Gasteiger charge is -2.40. The lowest BCUT2D eigenvalue weighted by Crippen LogP contribution is -2.56. The molecule has 41 heavy (non-hydrogen) atoms. The Labute approximate surface area is 250 Å². The molecule has 2 amide bonds. The Balaban J connectivity index is 1.69. The fraction of sp³-hybridized carbons (Fsp3) is 0.406. The van der Waals surface area contributed by atoms with Crippen LogP contribution >= 0.6 is 23.4 Å². The molecule has 5 rings (SSSR count). The summed E-state index contributed by atoms with van der Waals surface area (Å²) in [5, 5.41) is 11.1. The molecule has 6 atom stereocenters. The maximum absolute atomic E-state index is 14.9. The van der Waals surface area contributed by atoms with E-state index in [9.17, 15) is 19.5 Å². The summed E-state index contributed by atoms with van der Waals surface area (Å²) in [6.45, 7) is 11.2. The molecule has 1 spiro atoms. The maximum atomic E-state index is 14.9. The number of carbonyl (C=O) groups is 3. The number of nitrogens with zero attached hydrogens (tertiary/aromatic N) is 2. The van der Waals surface area contributed by atoms with Crippen molar-refractivity contribution in [3.63, 3.8) is 0 Å². The van der Waals surface area contributed by atoms with Crippen LogP contribution in [0.1, 0.15) is 36.9 Å². The number of aliphatic hydroxyl groups excluding tert-OH is 1. The van der Waals surface area contributed by atoms with Crippen LogP contribution in [0, 0.1) is 18.8 Å². The molecule has 0 aliphatic carbocycles. The van der Waals surface area contributed by atoms with Crippen molar-refractivity contribution in [3.05, 3.63) is 90.0 Å². The van der Waals surface area contributed by atoms with Crippen LogP contribution in [0.4, 0.5) is 5.69 Å². The summed E-state index contributed by atoms with van der Waals surface area (Å²) in [4.78, 5) is 46.1. The summed E-state index contributed by atoms with van der Waals surface area (Å²) in [7, 11) is 0. The van der Waals surface area contributed by atoms with Gasteiger partial charge in [0.1, 0.15) is 12.6 Å². The molecule has 3 fully saturated rings. The van der Waals surface area contributed by atoms with Gasteiger partial charge < -0.3 is 19.6 Å². The minimum atomic E-state index is -0.961. The summed E-state index contributed by atoms with van der Waals surface area (Å²) < 4.78 is 4.05. The summed E-state index contributed by atoms with van der Waals surface area (Å²) in [5.74, 6) is -2.62. The van der Waals surface area contributed by atoms with Gasteiger partial charge >= 0.3 is 5.97 Å². The van der Waals surface area contributed by atoms with Gasteiger partial charge in [0, 0.05) is 11.3 Å². The first-order valence-electron chi connectivity index (χ1n) is 13.8. The first kappa shape index (κ1) is 29.4. The molecule has 3 saturated heterocycles. The second-order valence-corrected chi connectivity index (χ2v) is 13.4. The second-order valence-electron chi connectivity index (χ2n) is 11.1. The molecular formula is C32H35ClN2O5S. The van der Waals surface area contributed by atoms with E-state index in [0.717, 1.165) is 5.56 Å². The molecule has 3 aliphatic rings. The average Bonchev–Trinajstić information content (AvgIpc) is 3.53. The lowest BCUT2D eigenvalue weighted by atomic mass is 9.66. The first-order chi connectivity index (χ1) is 19.6. The number of halogens is 1. The number of hydrogen-bond donors (Lipinski definition) is 1. The van der Waals surface area contributed by atoms with Crippen LogP contribution in [0.3, 0.4) is 0 Å². The highest BCUT2D eigenvalue weighted by Gasteiger charge is 2.78. The highest BCUT2D eigenvalue weighted by molar-refractivity contribution is 8.02. The molecule has 2 unspecified atom stereocenters. The molecule has 216 valence electrons. The average molecular weight is 595 g/mol. The van der Waals surface area contributed by atoms with Gasteiger partial charge in [0.15, 0.2) is 0 Å². The number of likely N-dealkylation sites (tertiary alicyclic amines) is 1. The van der Waals surface area contributed by atoms with Gasteiger partial charge in [0.25, 0.3) is 5.91 Å². The van der Waals surface area contributed by atoms with Crippen LogP contribution in [-0.2, 0) is 19.1 Å². The van der Waals surface area contributed by atoms with E-state index < -0.39 is 39.4 Å². The maximum Gasteiger partial charge on any atom is 0.311 e. The van der Waals surface area contributed by atoms with Crippen LogP contribution in [0.5, 0.6) is 0 Å². The van der Waals surface area contributed by atoms with Gasteiger partial charge in [-0.05, 0) is 43.9 Å². The molecule has 0 saturated carbocycles. The SMILES string of the molecule is C=CCOC(=O)[C@H]1[C@H]2C(=O)N([C@H](CO)c3ccccc3)C(C(=O)N(CC=C)c3c(C)cccc3Cl)C23CC[C@]1(C)S3.